The minimum atomic E-state index is -0.510. The van der Waals surface area contributed by atoms with Crippen LogP contribution in [0.5, 0.6) is 0 Å². The Morgan fingerprint density at radius 3 is 2.90 bits per heavy atom. The molecule has 0 aliphatic heterocycles. The van der Waals surface area contributed by atoms with E-state index in [0.29, 0.717) is 10.8 Å². The summed E-state index contributed by atoms with van der Waals surface area (Å²) in [6.45, 7) is 2.01. The summed E-state index contributed by atoms with van der Waals surface area (Å²) in [5.41, 5.74) is 1.37. The number of nitrogens with one attached hydrogen (secondary N) is 2. The Morgan fingerprint density at radius 1 is 1.50 bits per heavy atom. The molecule has 0 aliphatic rings. The highest BCUT2D eigenvalue weighted by Gasteiger charge is 2.14. The average molecular weight is 313 g/mol. The first-order valence-electron chi connectivity index (χ1n) is 5.85. The molecule has 20 heavy (non-hydrogen) atoms. The van der Waals surface area contributed by atoms with Gasteiger partial charge in [0.05, 0.1) is 10.6 Å². The monoisotopic (exact) mass is 312 g/mol. The van der Waals surface area contributed by atoms with Crippen LogP contribution in [0.3, 0.4) is 0 Å². The van der Waals surface area contributed by atoms with Crippen LogP contribution < -0.4 is 10.6 Å². The number of nitro groups is 1. The highest BCUT2D eigenvalue weighted by molar-refractivity contribution is 7.13. The lowest BCUT2D eigenvalue weighted by atomic mass is 10.3. The normalized spacial score (nSPS) is 12.2. The zero-order chi connectivity index (χ0) is 14.7. The van der Waals surface area contributed by atoms with Gasteiger partial charge in [0.15, 0.2) is 5.13 Å². The molecular formula is C12H13ClN4O2S. The minimum Gasteiger partial charge on any atom is -0.331 e. The molecule has 0 bridgehead atoms. The lowest BCUT2D eigenvalue weighted by Gasteiger charge is -2.06. The van der Waals surface area contributed by atoms with Crippen molar-refractivity contribution >= 4 is 39.4 Å². The molecule has 2 aromatic rings. The van der Waals surface area contributed by atoms with E-state index in [-0.39, 0.29) is 16.8 Å². The number of hydrogen-bond acceptors (Lipinski definition) is 6. The highest BCUT2D eigenvalue weighted by atomic mass is 35.5. The molecule has 1 heterocycles. The average Bonchev–Trinajstić information content (AvgIpc) is 2.88. The number of thiazole rings is 1. The van der Waals surface area contributed by atoms with E-state index in [0.717, 1.165) is 5.69 Å². The van der Waals surface area contributed by atoms with Crippen LogP contribution in [0.2, 0.25) is 5.02 Å². The lowest BCUT2D eigenvalue weighted by Crippen LogP contribution is -2.12. The summed E-state index contributed by atoms with van der Waals surface area (Å²) in [7, 11) is 1.86. The van der Waals surface area contributed by atoms with E-state index in [9.17, 15) is 10.1 Å². The van der Waals surface area contributed by atoms with Gasteiger partial charge in [-0.25, -0.2) is 4.98 Å². The predicted octanol–water partition coefficient (Wildman–Crippen LogP) is 3.73. The van der Waals surface area contributed by atoms with E-state index in [1.165, 1.54) is 23.5 Å². The van der Waals surface area contributed by atoms with Crippen molar-refractivity contribution < 1.29 is 4.92 Å². The molecule has 0 amide bonds. The van der Waals surface area contributed by atoms with Crippen molar-refractivity contribution in [3.8, 4) is 0 Å². The molecule has 2 N–H and O–H groups in total. The van der Waals surface area contributed by atoms with Crippen molar-refractivity contribution in [3.63, 3.8) is 0 Å². The number of nitro benzene ring substituents is 1. The number of benzene rings is 1. The third kappa shape index (κ3) is 3.24. The highest BCUT2D eigenvalue weighted by Crippen LogP contribution is 2.30. The Bertz CT molecular complexity index is 632. The Hall–Kier alpha value is -1.70. The smallest absolute Gasteiger partial charge is 0.289 e. The molecule has 8 heteroatoms. The fraction of sp³-hybridized carbons (Fsp3) is 0.250. The van der Waals surface area contributed by atoms with Crippen LogP contribution in [0.15, 0.2) is 23.6 Å². The fourth-order valence-electron chi connectivity index (χ4n) is 1.54. The summed E-state index contributed by atoms with van der Waals surface area (Å²) in [4.78, 5) is 14.7. The van der Waals surface area contributed by atoms with Gasteiger partial charge in [0.25, 0.3) is 5.69 Å². The molecule has 1 aromatic carbocycles. The number of anilines is 2. The third-order valence-electron chi connectivity index (χ3n) is 2.79. The van der Waals surface area contributed by atoms with Crippen molar-refractivity contribution in [1.29, 1.82) is 0 Å². The van der Waals surface area contributed by atoms with Crippen LogP contribution in [0.4, 0.5) is 16.5 Å². The maximum Gasteiger partial charge on any atom is 0.289 e. The van der Waals surface area contributed by atoms with Crippen LogP contribution in [0.25, 0.3) is 0 Å². The molecule has 0 saturated carbocycles. The van der Waals surface area contributed by atoms with E-state index in [2.05, 4.69) is 15.6 Å². The van der Waals surface area contributed by atoms with Crippen molar-refractivity contribution in [2.75, 3.05) is 12.4 Å². The van der Waals surface area contributed by atoms with Gasteiger partial charge in [-0.2, -0.15) is 0 Å². The molecule has 0 saturated heterocycles. The maximum atomic E-state index is 10.8. The Kier molecular flexibility index (Phi) is 4.53. The van der Waals surface area contributed by atoms with Gasteiger partial charge >= 0.3 is 0 Å². The van der Waals surface area contributed by atoms with Crippen LogP contribution in [0, 0.1) is 10.1 Å². The number of nitrogens with zero attached hydrogens (tertiary/aromatic N) is 2. The second kappa shape index (κ2) is 6.17. The van der Waals surface area contributed by atoms with E-state index >= 15 is 0 Å². The Morgan fingerprint density at radius 2 is 2.25 bits per heavy atom. The first-order valence-corrected chi connectivity index (χ1v) is 7.10. The van der Waals surface area contributed by atoms with Gasteiger partial charge in [-0.05, 0) is 26.1 Å². The molecule has 1 unspecified atom stereocenters. The summed E-state index contributed by atoms with van der Waals surface area (Å²) in [5, 5.41) is 19.7. The van der Waals surface area contributed by atoms with E-state index < -0.39 is 4.92 Å². The first kappa shape index (κ1) is 14.7. The van der Waals surface area contributed by atoms with Gasteiger partial charge in [0, 0.05) is 23.2 Å². The van der Waals surface area contributed by atoms with Gasteiger partial charge in [-0.1, -0.05) is 11.6 Å². The number of aromatic nitrogens is 1. The molecule has 0 aliphatic carbocycles. The zero-order valence-corrected chi connectivity index (χ0v) is 12.5. The van der Waals surface area contributed by atoms with Crippen LogP contribution in [-0.4, -0.2) is 17.0 Å². The van der Waals surface area contributed by atoms with Gasteiger partial charge < -0.3 is 10.6 Å². The number of hydrogen-bond donors (Lipinski definition) is 2. The lowest BCUT2D eigenvalue weighted by molar-refractivity contribution is -0.384. The van der Waals surface area contributed by atoms with E-state index in [1.807, 2.05) is 19.4 Å². The second-order valence-corrected chi connectivity index (χ2v) is 5.40. The summed E-state index contributed by atoms with van der Waals surface area (Å²) >= 11 is 7.21. The molecule has 0 radical (unpaired) electrons. The predicted molar refractivity (Wildman–Crippen MR) is 81.0 cm³/mol. The molecule has 1 atom stereocenters. The van der Waals surface area contributed by atoms with Gasteiger partial charge in [-0.3, -0.25) is 10.1 Å². The largest absolute Gasteiger partial charge is 0.331 e. The molecule has 2 rings (SSSR count). The van der Waals surface area contributed by atoms with Crippen molar-refractivity contribution in [2.45, 2.75) is 13.0 Å². The molecule has 0 fully saturated rings. The van der Waals surface area contributed by atoms with Crippen molar-refractivity contribution in [3.05, 3.63) is 44.4 Å². The summed E-state index contributed by atoms with van der Waals surface area (Å²) < 4.78 is 0. The van der Waals surface area contributed by atoms with Crippen molar-refractivity contribution in [1.82, 2.24) is 10.3 Å². The van der Waals surface area contributed by atoms with Gasteiger partial charge in [-0.15, -0.1) is 11.3 Å². The summed E-state index contributed by atoms with van der Waals surface area (Å²) in [5.74, 6) is 0. The molecule has 106 valence electrons. The molecule has 0 spiro atoms. The second-order valence-electron chi connectivity index (χ2n) is 4.14. The molecular weight excluding hydrogens is 300 g/mol. The third-order valence-corrected chi connectivity index (χ3v) is 3.89. The van der Waals surface area contributed by atoms with Crippen LogP contribution >= 0.6 is 22.9 Å². The maximum absolute atomic E-state index is 10.8. The Balaban J connectivity index is 2.20. The fourth-order valence-corrected chi connectivity index (χ4v) is 2.55. The quantitative estimate of drug-likeness (QED) is 0.649. The topological polar surface area (TPSA) is 80.1 Å². The zero-order valence-electron chi connectivity index (χ0n) is 10.9. The summed E-state index contributed by atoms with van der Waals surface area (Å²) in [6.07, 6.45) is 0. The van der Waals surface area contributed by atoms with E-state index in [4.69, 9.17) is 11.6 Å². The van der Waals surface area contributed by atoms with Crippen molar-refractivity contribution in [2.24, 2.45) is 0 Å². The van der Waals surface area contributed by atoms with E-state index in [1.54, 1.807) is 6.07 Å². The standard InChI is InChI=1S/C12H13ClN4O2S/c1-7(14-2)10-6-20-12(16-10)15-8-3-4-9(13)11(5-8)17(18)19/h3-7,14H,1-2H3,(H,15,16). The van der Waals surface area contributed by atoms with Gasteiger partial charge in [0.2, 0.25) is 0 Å². The molecule has 1 aromatic heterocycles. The van der Waals surface area contributed by atoms with Gasteiger partial charge in [0.1, 0.15) is 5.02 Å². The number of halogens is 1. The SMILES string of the molecule is CNC(C)c1csc(Nc2ccc(Cl)c([N+](=O)[O-])c2)n1. The van der Waals surface area contributed by atoms with Crippen LogP contribution in [0.1, 0.15) is 18.7 Å². The Labute approximate surface area is 124 Å². The number of rotatable bonds is 5. The molecule has 6 nitrogen and oxygen atoms in total. The van der Waals surface area contributed by atoms with Crippen LogP contribution in [-0.2, 0) is 0 Å². The minimum absolute atomic E-state index is 0.115. The first-order chi connectivity index (χ1) is 9.51. The summed E-state index contributed by atoms with van der Waals surface area (Å²) in [6, 6.07) is 4.72.